The molecule has 6 heteroatoms. The number of carbonyl (C=O) groups excluding carboxylic acids is 1. The minimum Gasteiger partial charge on any atom is -0.381 e. The number of ether oxygens (including phenoxy) is 2. The molecule has 0 bridgehead atoms. The summed E-state index contributed by atoms with van der Waals surface area (Å²) in [6.45, 7) is 3.19. The highest BCUT2D eigenvalue weighted by Crippen LogP contribution is 2.10. The topological polar surface area (TPSA) is 50.8 Å². The lowest BCUT2D eigenvalue weighted by molar-refractivity contribution is -0.138. The van der Waals surface area contributed by atoms with Gasteiger partial charge in [-0.2, -0.15) is 0 Å². The van der Waals surface area contributed by atoms with Crippen LogP contribution in [-0.2, 0) is 14.3 Å². The molecule has 102 valence electrons. The fourth-order valence-corrected chi connectivity index (χ4v) is 1.55. The van der Waals surface area contributed by atoms with E-state index in [0.717, 1.165) is 32.6 Å². The van der Waals surface area contributed by atoms with Crippen molar-refractivity contribution in [2.75, 3.05) is 47.0 Å². The average Bonchev–Trinajstić information content (AvgIpc) is 2.34. The molecular weight excluding hydrogens is 244 g/mol. The number of nitrogens with one attached hydrogen (secondary N) is 1. The van der Waals surface area contributed by atoms with Gasteiger partial charge >= 0.3 is 0 Å². The van der Waals surface area contributed by atoms with Crippen molar-refractivity contribution in [2.24, 2.45) is 0 Å². The molecular formula is C11H23ClN2O3. The van der Waals surface area contributed by atoms with Crippen molar-refractivity contribution >= 4 is 18.3 Å². The molecule has 1 aliphatic heterocycles. The Kier molecular flexibility index (Phi) is 9.44. The molecule has 0 aromatic heterocycles. The molecule has 0 unspecified atom stereocenters. The van der Waals surface area contributed by atoms with Crippen LogP contribution in [0.2, 0.25) is 0 Å². The predicted molar refractivity (Wildman–Crippen MR) is 68.6 cm³/mol. The number of nitrogens with zero attached hydrogens (tertiary/aromatic N) is 1. The van der Waals surface area contributed by atoms with E-state index in [9.17, 15) is 4.79 Å². The Morgan fingerprint density at radius 2 is 2.12 bits per heavy atom. The maximum atomic E-state index is 11.6. The summed E-state index contributed by atoms with van der Waals surface area (Å²) in [6.07, 6.45) is 1.98. The van der Waals surface area contributed by atoms with Gasteiger partial charge in [-0.15, -0.1) is 12.4 Å². The molecule has 1 N–H and O–H groups in total. The number of rotatable bonds is 6. The van der Waals surface area contributed by atoms with Crippen LogP contribution in [0.4, 0.5) is 0 Å². The van der Waals surface area contributed by atoms with Crippen LogP contribution in [-0.4, -0.2) is 63.9 Å². The largest absolute Gasteiger partial charge is 0.381 e. The Hall–Kier alpha value is -0.360. The zero-order valence-corrected chi connectivity index (χ0v) is 11.4. The van der Waals surface area contributed by atoms with Gasteiger partial charge < -0.3 is 19.7 Å². The monoisotopic (exact) mass is 266 g/mol. The third-order valence-corrected chi connectivity index (χ3v) is 2.73. The van der Waals surface area contributed by atoms with Gasteiger partial charge in [0, 0.05) is 33.4 Å². The van der Waals surface area contributed by atoms with Crippen LogP contribution >= 0.6 is 12.4 Å². The van der Waals surface area contributed by atoms with Crippen molar-refractivity contribution in [2.45, 2.75) is 18.9 Å². The summed E-state index contributed by atoms with van der Waals surface area (Å²) < 4.78 is 10.8. The lowest BCUT2D eigenvalue weighted by atomic mass is 10.1. The van der Waals surface area contributed by atoms with Crippen LogP contribution in [0.3, 0.4) is 0 Å². The minimum absolute atomic E-state index is 0. The summed E-state index contributed by atoms with van der Waals surface area (Å²) in [5.74, 6) is 0.0433. The first-order valence-corrected chi connectivity index (χ1v) is 5.82. The van der Waals surface area contributed by atoms with E-state index in [1.165, 1.54) is 0 Å². The summed E-state index contributed by atoms with van der Waals surface area (Å²) in [5.41, 5.74) is 0. The highest BCUT2D eigenvalue weighted by Gasteiger charge is 2.16. The van der Waals surface area contributed by atoms with Crippen molar-refractivity contribution < 1.29 is 14.3 Å². The molecule has 1 rings (SSSR count). The molecule has 1 amide bonds. The van der Waals surface area contributed by atoms with Crippen LogP contribution in [0.1, 0.15) is 12.8 Å². The second-order valence-electron chi connectivity index (χ2n) is 4.04. The maximum absolute atomic E-state index is 11.6. The zero-order valence-electron chi connectivity index (χ0n) is 10.6. The third kappa shape index (κ3) is 6.83. The second-order valence-corrected chi connectivity index (χ2v) is 4.04. The van der Waals surface area contributed by atoms with Gasteiger partial charge in [-0.3, -0.25) is 4.79 Å². The number of hydrogen-bond acceptors (Lipinski definition) is 4. The fraction of sp³-hybridized carbons (Fsp3) is 0.909. The van der Waals surface area contributed by atoms with Crippen LogP contribution in [0, 0.1) is 0 Å². The van der Waals surface area contributed by atoms with E-state index < -0.39 is 0 Å². The summed E-state index contributed by atoms with van der Waals surface area (Å²) in [6, 6.07) is 0. The summed E-state index contributed by atoms with van der Waals surface area (Å²) in [5, 5.41) is 3.01. The standard InChI is InChI=1S/C11H22N2O3.ClH/c1-12-5-6-13(2)11(14)9-16-10-3-7-15-8-4-10;/h10,12H,3-9H2,1-2H3;1H. The first-order valence-electron chi connectivity index (χ1n) is 5.82. The van der Waals surface area contributed by atoms with E-state index in [4.69, 9.17) is 9.47 Å². The molecule has 1 aliphatic rings. The van der Waals surface area contributed by atoms with Gasteiger partial charge in [0.25, 0.3) is 0 Å². The molecule has 17 heavy (non-hydrogen) atoms. The molecule has 0 aliphatic carbocycles. The van der Waals surface area contributed by atoms with E-state index >= 15 is 0 Å². The molecule has 0 saturated carbocycles. The van der Waals surface area contributed by atoms with Crippen LogP contribution in [0.25, 0.3) is 0 Å². The van der Waals surface area contributed by atoms with E-state index in [0.29, 0.717) is 6.54 Å². The predicted octanol–water partition coefficient (Wildman–Crippen LogP) is 0.282. The Balaban J connectivity index is 0.00000256. The van der Waals surface area contributed by atoms with Gasteiger partial charge in [0.15, 0.2) is 0 Å². The quantitative estimate of drug-likeness (QED) is 0.751. The molecule has 1 saturated heterocycles. The Bertz CT molecular complexity index is 211. The molecule has 1 fully saturated rings. The Morgan fingerprint density at radius 1 is 1.47 bits per heavy atom. The number of amides is 1. The minimum atomic E-state index is 0. The molecule has 0 atom stereocenters. The number of halogens is 1. The van der Waals surface area contributed by atoms with E-state index in [1.54, 1.807) is 11.9 Å². The second kappa shape index (κ2) is 9.65. The van der Waals surface area contributed by atoms with Gasteiger partial charge in [0.1, 0.15) is 6.61 Å². The Morgan fingerprint density at radius 3 is 2.71 bits per heavy atom. The first kappa shape index (κ1) is 16.6. The van der Waals surface area contributed by atoms with Gasteiger partial charge in [0.2, 0.25) is 5.91 Å². The smallest absolute Gasteiger partial charge is 0.248 e. The molecule has 0 aromatic carbocycles. The van der Waals surface area contributed by atoms with Crippen molar-refractivity contribution in [3.8, 4) is 0 Å². The number of carbonyl (C=O) groups is 1. The SMILES string of the molecule is CNCCN(C)C(=O)COC1CCOCC1.Cl. The van der Waals surface area contributed by atoms with E-state index in [2.05, 4.69) is 5.32 Å². The van der Waals surface area contributed by atoms with E-state index in [1.807, 2.05) is 7.05 Å². The first-order chi connectivity index (χ1) is 7.74. The van der Waals surface area contributed by atoms with Crippen molar-refractivity contribution in [3.05, 3.63) is 0 Å². The molecule has 0 aromatic rings. The fourth-order valence-electron chi connectivity index (χ4n) is 1.55. The molecule has 5 nitrogen and oxygen atoms in total. The third-order valence-electron chi connectivity index (χ3n) is 2.73. The maximum Gasteiger partial charge on any atom is 0.248 e. The Labute approximate surface area is 109 Å². The number of likely N-dealkylation sites (N-methyl/N-ethyl adjacent to an activating group) is 2. The number of hydrogen-bond donors (Lipinski definition) is 1. The van der Waals surface area contributed by atoms with Gasteiger partial charge in [-0.1, -0.05) is 0 Å². The zero-order chi connectivity index (χ0) is 11.8. The van der Waals surface area contributed by atoms with Crippen LogP contribution in [0.5, 0.6) is 0 Å². The molecule has 1 heterocycles. The summed E-state index contributed by atoms with van der Waals surface area (Å²) in [4.78, 5) is 13.3. The van der Waals surface area contributed by atoms with Crippen LogP contribution in [0.15, 0.2) is 0 Å². The lowest BCUT2D eigenvalue weighted by Crippen LogP contribution is -2.36. The highest BCUT2D eigenvalue weighted by molar-refractivity contribution is 5.85. The van der Waals surface area contributed by atoms with Gasteiger partial charge in [-0.05, 0) is 19.9 Å². The van der Waals surface area contributed by atoms with Crippen molar-refractivity contribution in [1.82, 2.24) is 10.2 Å². The average molecular weight is 267 g/mol. The van der Waals surface area contributed by atoms with Gasteiger partial charge in [-0.25, -0.2) is 0 Å². The van der Waals surface area contributed by atoms with E-state index in [-0.39, 0.29) is 31.0 Å². The van der Waals surface area contributed by atoms with Crippen molar-refractivity contribution in [3.63, 3.8) is 0 Å². The molecule has 0 spiro atoms. The van der Waals surface area contributed by atoms with Crippen LogP contribution < -0.4 is 5.32 Å². The summed E-state index contributed by atoms with van der Waals surface area (Å²) >= 11 is 0. The lowest BCUT2D eigenvalue weighted by Gasteiger charge is -2.23. The van der Waals surface area contributed by atoms with Crippen molar-refractivity contribution in [1.29, 1.82) is 0 Å². The normalized spacial score (nSPS) is 16.4. The molecule has 0 radical (unpaired) electrons. The van der Waals surface area contributed by atoms with Gasteiger partial charge in [0.05, 0.1) is 6.10 Å². The summed E-state index contributed by atoms with van der Waals surface area (Å²) in [7, 11) is 3.67. The highest BCUT2D eigenvalue weighted by atomic mass is 35.5.